The molecule has 6 nitrogen and oxygen atoms in total. The van der Waals surface area contributed by atoms with Crippen LogP contribution >= 0.6 is 0 Å². The Morgan fingerprint density at radius 3 is 2.21 bits per heavy atom. The van der Waals surface area contributed by atoms with E-state index in [9.17, 15) is 9.59 Å². The number of hydrogen-bond donors (Lipinski definition) is 3. The topological polar surface area (TPSA) is 93.4 Å². The van der Waals surface area contributed by atoms with Crippen molar-refractivity contribution in [3.8, 4) is 0 Å². The summed E-state index contributed by atoms with van der Waals surface area (Å²) in [6, 6.07) is -1.51. The number of rotatable bonds is 3. The van der Waals surface area contributed by atoms with Crippen molar-refractivity contribution in [2.45, 2.75) is 39.3 Å². The molecule has 4 N–H and O–H groups in total. The molecule has 82 valence electrons. The second-order valence-electron chi connectivity index (χ2n) is 3.91. The summed E-state index contributed by atoms with van der Waals surface area (Å²) >= 11 is 0. The van der Waals surface area contributed by atoms with Crippen molar-refractivity contribution in [2.24, 2.45) is 5.73 Å². The molecule has 3 amide bonds. The van der Waals surface area contributed by atoms with Crippen molar-refractivity contribution in [2.75, 3.05) is 0 Å². The van der Waals surface area contributed by atoms with Crippen LogP contribution in [0.2, 0.25) is 0 Å². The first-order chi connectivity index (χ1) is 6.22. The number of nitrogens with one attached hydrogen (secondary N) is 2. The third-order valence-electron chi connectivity index (χ3n) is 1.18. The molecule has 0 aromatic rings. The molecule has 0 saturated heterocycles. The highest BCUT2D eigenvalue weighted by atomic mass is 16.7. The van der Waals surface area contributed by atoms with Crippen molar-refractivity contribution in [3.63, 3.8) is 0 Å². The normalized spacial score (nSPS) is 13.4. The molecule has 0 aromatic carbocycles. The molecule has 0 spiro atoms. The van der Waals surface area contributed by atoms with Gasteiger partial charge in [-0.2, -0.15) is 5.48 Å². The van der Waals surface area contributed by atoms with E-state index in [0.717, 1.165) is 0 Å². The van der Waals surface area contributed by atoms with Gasteiger partial charge in [-0.1, -0.05) is 0 Å². The highest BCUT2D eigenvalue weighted by Crippen LogP contribution is 2.04. The molecule has 0 radical (unpaired) electrons. The average Bonchev–Trinajstić information content (AvgIpc) is 1.97. The molecular weight excluding hydrogens is 186 g/mol. The molecule has 1 atom stereocenters. The van der Waals surface area contributed by atoms with Crippen LogP contribution in [0.4, 0.5) is 4.79 Å². The fourth-order valence-electron chi connectivity index (χ4n) is 0.548. The Hall–Kier alpha value is -1.14. The van der Waals surface area contributed by atoms with Gasteiger partial charge in [-0.3, -0.25) is 14.9 Å². The predicted molar refractivity (Wildman–Crippen MR) is 51.2 cm³/mol. The van der Waals surface area contributed by atoms with Gasteiger partial charge in [-0.25, -0.2) is 4.79 Å². The maximum Gasteiger partial charge on any atom is 0.318 e. The van der Waals surface area contributed by atoms with Crippen molar-refractivity contribution in [1.29, 1.82) is 0 Å². The van der Waals surface area contributed by atoms with Crippen LogP contribution in [0.25, 0.3) is 0 Å². The van der Waals surface area contributed by atoms with Gasteiger partial charge in [0, 0.05) is 0 Å². The van der Waals surface area contributed by atoms with Gasteiger partial charge in [0.05, 0.1) is 5.60 Å². The molecule has 14 heavy (non-hydrogen) atoms. The Labute approximate surface area is 83.1 Å². The highest BCUT2D eigenvalue weighted by Gasteiger charge is 2.17. The maximum absolute atomic E-state index is 11.1. The number of carbonyl (C=O) groups is 2. The third-order valence-corrected chi connectivity index (χ3v) is 1.18. The van der Waals surface area contributed by atoms with Gasteiger partial charge in [-0.15, -0.1) is 0 Å². The Morgan fingerprint density at radius 1 is 1.36 bits per heavy atom. The second kappa shape index (κ2) is 4.92. The first kappa shape index (κ1) is 12.9. The SMILES string of the molecule is CC(NOC(C)(C)C)C(=O)NC(N)=O. The van der Waals surface area contributed by atoms with E-state index in [2.05, 4.69) is 5.48 Å². The number of primary amides is 1. The van der Waals surface area contributed by atoms with E-state index in [4.69, 9.17) is 10.6 Å². The van der Waals surface area contributed by atoms with E-state index in [-0.39, 0.29) is 0 Å². The van der Waals surface area contributed by atoms with Gasteiger partial charge in [0.2, 0.25) is 5.91 Å². The molecule has 0 aliphatic rings. The monoisotopic (exact) mass is 203 g/mol. The first-order valence-corrected chi connectivity index (χ1v) is 4.26. The van der Waals surface area contributed by atoms with Crippen LogP contribution in [0.15, 0.2) is 0 Å². The molecule has 0 rings (SSSR count). The van der Waals surface area contributed by atoms with Crippen LogP contribution in [0.3, 0.4) is 0 Å². The van der Waals surface area contributed by atoms with E-state index in [1.54, 1.807) is 6.92 Å². The molecule has 0 aliphatic carbocycles. The van der Waals surface area contributed by atoms with Crippen molar-refractivity contribution in [1.82, 2.24) is 10.8 Å². The Balaban J connectivity index is 3.90. The third kappa shape index (κ3) is 6.38. The van der Waals surface area contributed by atoms with Crippen LogP contribution in [0.5, 0.6) is 0 Å². The molecule has 0 heterocycles. The minimum Gasteiger partial charge on any atom is -0.351 e. The minimum atomic E-state index is -0.876. The summed E-state index contributed by atoms with van der Waals surface area (Å²) in [5, 5.41) is 1.94. The molecule has 0 aliphatic heterocycles. The fraction of sp³-hybridized carbons (Fsp3) is 0.750. The van der Waals surface area contributed by atoms with E-state index < -0.39 is 23.6 Å². The number of amides is 3. The van der Waals surface area contributed by atoms with Crippen LogP contribution < -0.4 is 16.5 Å². The molecule has 0 saturated carbocycles. The average molecular weight is 203 g/mol. The minimum absolute atomic E-state index is 0.402. The Bertz CT molecular complexity index is 222. The van der Waals surface area contributed by atoms with Gasteiger partial charge in [0.1, 0.15) is 6.04 Å². The lowest BCUT2D eigenvalue weighted by Crippen LogP contribution is -2.48. The maximum atomic E-state index is 11.1. The number of hydroxylamine groups is 1. The standard InChI is InChI=1S/C8H17N3O3/c1-5(6(12)10-7(9)13)11-14-8(2,3)4/h5,11H,1-4H3,(H3,9,10,12,13). The lowest BCUT2D eigenvalue weighted by atomic mass is 10.2. The molecule has 0 aromatic heterocycles. The molecule has 1 unspecified atom stereocenters. The molecule has 0 fully saturated rings. The zero-order valence-corrected chi connectivity index (χ0v) is 8.88. The van der Waals surface area contributed by atoms with Crippen molar-refractivity contribution >= 4 is 11.9 Å². The molecule has 0 bridgehead atoms. The smallest absolute Gasteiger partial charge is 0.318 e. The predicted octanol–water partition coefficient (Wildman–Crippen LogP) is -0.110. The summed E-state index contributed by atoms with van der Waals surface area (Å²) in [5.41, 5.74) is 6.88. The summed E-state index contributed by atoms with van der Waals surface area (Å²) in [4.78, 5) is 26.6. The number of carbonyl (C=O) groups excluding carboxylic acids is 2. The van der Waals surface area contributed by atoms with Gasteiger partial charge in [-0.05, 0) is 27.7 Å². The highest BCUT2D eigenvalue weighted by molar-refractivity contribution is 5.95. The van der Waals surface area contributed by atoms with Crippen LogP contribution in [0, 0.1) is 0 Å². The number of urea groups is 1. The van der Waals surface area contributed by atoms with Gasteiger partial charge in [0.25, 0.3) is 0 Å². The molecular formula is C8H17N3O3. The summed E-state index contributed by atoms with van der Waals surface area (Å²) in [5.74, 6) is -0.526. The van der Waals surface area contributed by atoms with E-state index >= 15 is 0 Å². The van der Waals surface area contributed by atoms with Crippen molar-refractivity contribution < 1.29 is 14.4 Å². The van der Waals surface area contributed by atoms with Crippen molar-refractivity contribution in [3.05, 3.63) is 0 Å². The zero-order chi connectivity index (χ0) is 11.4. The summed E-state index contributed by atoms with van der Waals surface area (Å²) in [6.45, 7) is 7.06. The second-order valence-corrected chi connectivity index (χ2v) is 3.91. The largest absolute Gasteiger partial charge is 0.351 e. The number of nitrogens with two attached hydrogens (primary N) is 1. The summed E-state index contributed by atoms with van der Waals surface area (Å²) in [7, 11) is 0. The lowest BCUT2D eigenvalue weighted by Gasteiger charge is -2.22. The molecule has 6 heteroatoms. The van der Waals surface area contributed by atoms with Gasteiger partial charge >= 0.3 is 6.03 Å². The van der Waals surface area contributed by atoms with Gasteiger partial charge < -0.3 is 5.73 Å². The van der Waals surface area contributed by atoms with Gasteiger partial charge in [0.15, 0.2) is 0 Å². The Morgan fingerprint density at radius 2 is 1.86 bits per heavy atom. The summed E-state index contributed by atoms with van der Waals surface area (Å²) in [6.07, 6.45) is 0. The van der Waals surface area contributed by atoms with E-state index in [1.807, 2.05) is 26.1 Å². The van der Waals surface area contributed by atoms with Crippen LogP contribution in [-0.4, -0.2) is 23.6 Å². The quantitative estimate of drug-likeness (QED) is 0.558. The lowest BCUT2D eigenvalue weighted by molar-refractivity contribution is -0.132. The van der Waals surface area contributed by atoms with E-state index in [1.165, 1.54) is 0 Å². The number of imide groups is 1. The van der Waals surface area contributed by atoms with E-state index in [0.29, 0.717) is 0 Å². The van der Waals surface area contributed by atoms with Crippen LogP contribution in [0.1, 0.15) is 27.7 Å². The summed E-state index contributed by atoms with van der Waals surface area (Å²) < 4.78 is 0. The first-order valence-electron chi connectivity index (χ1n) is 4.26. The van der Waals surface area contributed by atoms with Crippen LogP contribution in [-0.2, 0) is 9.63 Å². The number of hydrogen-bond acceptors (Lipinski definition) is 4. The Kier molecular flexibility index (Phi) is 4.52. The fourth-order valence-corrected chi connectivity index (χ4v) is 0.548. The zero-order valence-electron chi connectivity index (χ0n) is 8.88.